The van der Waals surface area contributed by atoms with Crippen LogP contribution in [-0.4, -0.2) is 43.3 Å². The third-order valence-electron chi connectivity index (χ3n) is 1.44. The number of ether oxygens (including phenoxy) is 2. The quantitative estimate of drug-likeness (QED) is 0.403. The zero-order valence-electron chi connectivity index (χ0n) is 8.82. The van der Waals surface area contributed by atoms with Crippen molar-refractivity contribution < 1.29 is 19.4 Å². The maximum Gasteiger partial charge on any atom is 0.507 e. The highest BCUT2D eigenvalue weighted by Gasteiger charge is 2.05. The Bertz CT molecular complexity index is 199. The number of carbonyl (C=O) groups is 1. The van der Waals surface area contributed by atoms with Crippen LogP contribution in [0.3, 0.4) is 0 Å². The first-order valence-electron chi connectivity index (χ1n) is 4.26. The van der Waals surface area contributed by atoms with Gasteiger partial charge in [-0.05, 0) is 13.8 Å². The van der Waals surface area contributed by atoms with E-state index in [1.165, 1.54) is 5.57 Å². The van der Waals surface area contributed by atoms with Gasteiger partial charge in [0.05, 0.1) is 0 Å². The van der Waals surface area contributed by atoms with E-state index in [4.69, 9.17) is 9.84 Å². The molecule has 0 rings (SSSR count). The summed E-state index contributed by atoms with van der Waals surface area (Å²) in [5.41, 5.74) is 1.17. The van der Waals surface area contributed by atoms with Crippen LogP contribution in [0.2, 0.25) is 0 Å². The van der Waals surface area contributed by atoms with Gasteiger partial charge in [-0.2, -0.15) is 0 Å². The molecule has 5 heteroatoms. The summed E-state index contributed by atoms with van der Waals surface area (Å²) in [4.78, 5) is 11.9. The van der Waals surface area contributed by atoms with Gasteiger partial charge in [0.15, 0.2) is 6.73 Å². The van der Waals surface area contributed by atoms with Crippen LogP contribution in [0.1, 0.15) is 13.8 Å². The number of allylic oxidation sites excluding steroid dienone is 1. The standard InChI is InChI=1S/C9H17NO4/c1-8(2)4-5-10(6-13-3)7-14-9(11)12/h4H,5-7H2,1-3H3,(H,11,12). The predicted molar refractivity (Wildman–Crippen MR) is 52.0 cm³/mol. The van der Waals surface area contributed by atoms with Crippen molar-refractivity contribution in [3.63, 3.8) is 0 Å². The Morgan fingerprint density at radius 3 is 2.50 bits per heavy atom. The third-order valence-corrected chi connectivity index (χ3v) is 1.44. The van der Waals surface area contributed by atoms with Gasteiger partial charge in [0.1, 0.15) is 6.73 Å². The Kier molecular flexibility index (Phi) is 6.78. The van der Waals surface area contributed by atoms with Gasteiger partial charge in [0.2, 0.25) is 0 Å². The summed E-state index contributed by atoms with van der Waals surface area (Å²) in [6, 6.07) is 0. The lowest BCUT2D eigenvalue weighted by Gasteiger charge is -2.18. The highest BCUT2D eigenvalue weighted by molar-refractivity contribution is 5.56. The first-order valence-corrected chi connectivity index (χ1v) is 4.26. The van der Waals surface area contributed by atoms with Gasteiger partial charge in [-0.3, -0.25) is 0 Å². The fourth-order valence-corrected chi connectivity index (χ4v) is 0.783. The van der Waals surface area contributed by atoms with Gasteiger partial charge in [-0.25, -0.2) is 9.69 Å². The molecule has 5 nitrogen and oxygen atoms in total. The molecule has 0 bridgehead atoms. The molecule has 0 aromatic heterocycles. The summed E-state index contributed by atoms with van der Waals surface area (Å²) < 4.78 is 9.31. The SMILES string of the molecule is COCN(CC=C(C)C)COC(=O)O. The highest BCUT2D eigenvalue weighted by atomic mass is 16.7. The van der Waals surface area contributed by atoms with Crippen LogP contribution in [0.25, 0.3) is 0 Å². The molecule has 0 amide bonds. The Morgan fingerprint density at radius 2 is 2.07 bits per heavy atom. The molecule has 0 fully saturated rings. The van der Waals surface area contributed by atoms with Gasteiger partial charge < -0.3 is 14.6 Å². The van der Waals surface area contributed by atoms with Crippen molar-refractivity contribution in [2.75, 3.05) is 27.1 Å². The molecule has 0 aliphatic rings. The summed E-state index contributed by atoms with van der Waals surface area (Å²) >= 11 is 0. The first kappa shape index (κ1) is 12.9. The zero-order valence-corrected chi connectivity index (χ0v) is 8.82. The molecule has 0 radical (unpaired) electrons. The van der Waals surface area contributed by atoms with Gasteiger partial charge >= 0.3 is 6.16 Å². The van der Waals surface area contributed by atoms with Crippen molar-refractivity contribution >= 4 is 6.16 Å². The minimum absolute atomic E-state index is 0.0208. The van der Waals surface area contributed by atoms with E-state index in [1.54, 1.807) is 12.0 Å². The lowest BCUT2D eigenvalue weighted by atomic mass is 10.3. The highest BCUT2D eigenvalue weighted by Crippen LogP contribution is 1.95. The van der Waals surface area contributed by atoms with Crippen molar-refractivity contribution in [1.82, 2.24) is 4.90 Å². The Balaban J connectivity index is 3.88. The summed E-state index contributed by atoms with van der Waals surface area (Å²) in [5.74, 6) is 0. The maximum atomic E-state index is 10.1. The largest absolute Gasteiger partial charge is 0.507 e. The fraction of sp³-hybridized carbons (Fsp3) is 0.667. The molecule has 0 saturated carbocycles. The maximum absolute atomic E-state index is 10.1. The third kappa shape index (κ3) is 7.57. The molecule has 0 aliphatic heterocycles. The summed E-state index contributed by atoms with van der Waals surface area (Å²) in [7, 11) is 1.55. The minimum Gasteiger partial charge on any atom is -0.450 e. The first-order chi connectivity index (χ1) is 6.56. The van der Waals surface area contributed by atoms with E-state index in [9.17, 15) is 4.79 Å². The van der Waals surface area contributed by atoms with Gasteiger partial charge in [-0.15, -0.1) is 0 Å². The van der Waals surface area contributed by atoms with E-state index in [0.717, 1.165) is 0 Å². The average molecular weight is 203 g/mol. The van der Waals surface area contributed by atoms with Crippen LogP contribution < -0.4 is 0 Å². The van der Waals surface area contributed by atoms with E-state index in [0.29, 0.717) is 13.3 Å². The van der Waals surface area contributed by atoms with Crippen LogP contribution >= 0.6 is 0 Å². The average Bonchev–Trinajstić information content (AvgIpc) is 2.09. The molecule has 0 atom stereocenters. The van der Waals surface area contributed by atoms with Crippen LogP contribution in [-0.2, 0) is 9.47 Å². The van der Waals surface area contributed by atoms with Crippen LogP contribution in [0, 0.1) is 0 Å². The van der Waals surface area contributed by atoms with Crippen molar-refractivity contribution in [2.45, 2.75) is 13.8 Å². The number of carboxylic acid groups (broad SMARTS) is 1. The van der Waals surface area contributed by atoms with Gasteiger partial charge in [0, 0.05) is 13.7 Å². The van der Waals surface area contributed by atoms with Gasteiger partial charge in [0.25, 0.3) is 0 Å². The second kappa shape index (κ2) is 7.34. The Morgan fingerprint density at radius 1 is 1.43 bits per heavy atom. The summed E-state index contributed by atoms with van der Waals surface area (Å²) in [6.45, 7) is 4.93. The minimum atomic E-state index is -1.27. The van der Waals surface area contributed by atoms with Crippen LogP contribution in [0.4, 0.5) is 4.79 Å². The number of hydrogen-bond donors (Lipinski definition) is 1. The monoisotopic (exact) mass is 203 g/mol. The molecule has 14 heavy (non-hydrogen) atoms. The van der Waals surface area contributed by atoms with Crippen molar-refractivity contribution in [3.8, 4) is 0 Å². The molecule has 0 unspecified atom stereocenters. The van der Waals surface area contributed by atoms with E-state index in [2.05, 4.69) is 4.74 Å². The van der Waals surface area contributed by atoms with Gasteiger partial charge in [-0.1, -0.05) is 11.6 Å². The van der Waals surface area contributed by atoms with E-state index < -0.39 is 6.16 Å². The molecular formula is C9H17NO4. The number of hydrogen-bond acceptors (Lipinski definition) is 4. The summed E-state index contributed by atoms with van der Waals surface area (Å²) in [6.07, 6.45) is 0.702. The number of rotatable bonds is 6. The molecule has 82 valence electrons. The van der Waals surface area contributed by atoms with Crippen LogP contribution in [0.5, 0.6) is 0 Å². The normalized spacial score (nSPS) is 10.0. The molecular weight excluding hydrogens is 186 g/mol. The smallest absolute Gasteiger partial charge is 0.450 e. The Labute approximate surface area is 83.9 Å². The lowest BCUT2D eigenvalue weighted by Crippen LogP contribution is -2.30. The van der Waals surface area contributed by atoms with E-state index in [1.807, 2.05) is 19.9 Å². The second-order valence-corrected chi connectivity index (χ2v) is 3.09. The predicted octanol–water partition coefficient (Wildman–Crippen LogP) is 1.51. The fourth-order valence-electron chi connectivity index (χ4n) is 0.783. The number of nitrogens with zero attached hydrogens (tertiary/aromatic N) is 1. The Hall–Kier alpha value is -1.07. The topological polar surface area (TPSA) is 59.0 Å². The molecule has 0 aliphatic carbocycles. The molecule has 0 spiro atoms. The van der Waals surface area contributed by atoms with E-state index in [-0.39, 0.29) is 6.73 Å². The van der Waals surface area contributed by atoms with Crippen molar-refractivity contribution in [3.05, 3.63) is 11.6 Å². The van der Waals surface area contributed by atoms with Crippen molar-refractivity contribution in [1.29, 1.82) is 0 Å². The molecule has 0 heterocycles. The van der Waals surface area contributed by atoms with Crippen molar-refractivity contribution in [2.24, 2.45) is 0 Å². The van der Waals surface area contributed by atoms with E-state index >= 15 is 0 Å². The zero-order chi connectivity index (χ0) is 11.0. The second-order valence-electron chi connectivity index (χ2n) is 3.09. The summed E-state index contributed by atoms with van der Waals surface area (Å²) in [5, 5.41) is 8.30. The molecule has 0 aromatic rings. The molecule has 0 aromatic carbocycles. The number of methoxy groups -OCH3 is 1. The molecule has 1 N–H and O–H groups in total. The molecule has 0 saturated heterocycles. The van der Waals surface area contributed by atoms with Crippen LogP contribution in [0.15, 0.2) is 11.6 Å². The lowest BCUT2D eigenvalue weighted by molar-refractivity contribution is -0.0116.